The van der Waals surface area contributed by atoms with Gasteiger partial charge < -0.3 is 19.7 Å². The van der Waals surface area contributed by atoms with Gasteiger partial charge in [-0.05, 0) is 84.8 Å². The molecule has 2 unspecified atom stereocenters. The van der Waals surface area contributed by atoms with Crippen LogP contribution in [0.5, 0.6) is 5.75 Å². The topological polar surface area (TPSA) is 76.0 Å². The van der Waals surface area contributed by atoms with E-state index in [1.54, 1.807) is 7.11 Å². The first kappa shape index (κ1) is 24.5. The summed E-state index contributed by atoms with van der Waals surface area (Å²) in [4.78, 5) is 12.3. The highest BCUT2D eigenvalue weighted by Gasteiger charge is 2.61. The highest BCUT2D eigenvalue weighted by atomic mass is 16.5. The Kier molecular flexibility index (Phi) is 6.54. The van der Waals surface area contributed by atoms with E-state index in [-0.39, 0.29) is 24.5 Å². The molecule has 1 aromatic rings. The number of ketones is 1. The normalized spacial score (nSPS) is 34.5. The van der Waals surface area contributed by atoms with Crippen molar-refractivity contribution in [1.29, 1.82) is 0 Å². The molecule has 3 fully saturated rings. The summed E-state index contributed by atoms with van der Waals surface area (Å²) >= 11 is 0. The Morgan fingerprint density at radius 1 is 1.26 bits per heavy atom. The van der Waals surface area contributed by atoms with Gasteiger partial charge in [-0.1, -0.05) is 37.3 Å². The summed E-state index contributed by atoms with van der Waals surface area (Å²) in [5, 5.41) is 21.4. The molecule has 5 rings (SSSR count). The first-order valence-electron chi connectivity index (χ1n) is 13.0. The van der Waals surface area contributed by atoms with Crippen molar-refractivity contribution in [2.45, 2.75) is 70.0 Å². The van der Waals surface area contributed by atoms with Crippen molar-refractivity contribution in [2.24, 2.45) is 17.3 Å². The maximum absolute atomic E-state index is 12.3. The number of fused-ring (bicyclic) bond motifs is 4. The minimum absolute atomic E-state index is 0.0518. The number of benzene rings is 1. The zero-order valence-corrected chi connectivity index (χ0v) is 21.0. The van der Waals surface area contributed by atoms with Crippen LogP contribution >= 0.6 is 0 Å². The summed E-state index contributed by atoms with van der Waals surface area (Å²) in [5.74, 6) is 1.67. The molecule has 0 aromatic heterocycles. The van der Waals surface area contributed by atoms with Crippen molar-refractivity contribution >= 4 is 5.78 Å². The molecule has 1 aromatic carbocycles. The molecule has 4 aliphatic rings. The number of rotatable bonds is 6. The van der Waals surface area contributed by atoms with Crippen LogP contribution < -0.4 is 4.74 Å². The molecular weight excluding hydrogens is 440 g/mol. The molecule has 0 amide bonds. The van der Waals surface area contributed by atoms with Crippen molar-refractivity contribution in [1.82, 2.24) is 0 Å². The lowest BCUT2D eigenvalue weighted by atomic mass is 9.61. The van der Waals surface area contributed by atoms with E-state index >= 15 is 0 Å². The number of carbonyl (C=O) groups is 1. The summed E-state index contributed by atoms with van der Waals surface area (Å²) in [6.45, 7) is 6.85. The van der Waals surface area contributed by atoms with E-state index in [2.05, 4.69) is 31.7 Å². The van der Waals surface area contributed by atoms with Crippen molar-refractivity contribution < 1.29 is 24.5 Å². The van der Waals surface area contributed by atoms with E-state index in [9.17, 15) is 15.0 Å². The fourth-order valence-corrected chi connectivity index (χ4v) is 7.29. The Morgan fingerprint density at radius 2 is 2.03 bits per heavy atom. The third kappa shape index (κ3) is 4.12. The predicted octanol–water partition coefficient (Wildman–Crippen LogP) is 5.24. The third-order valence-corrected chi connectivity index (χ3v) is 9.29. The standard InChI is InChI=1S/C30H38O5/c1-19(13-15-31)17-30(33)14-12-26-25-10-6-21-16-22(32)7-11-24(21)27(25)28(35-18-29(26,30)2)20-4-8-23(34-3)9-5-20/h4-6,8-9,25-26,28,31,33H,1,7,10-18H2,2-3H3/t25?,26?,28-,29-,30+/m0/s1. The second kappa shape index (κ2) is 9.34. The fraction of sp³-hybridized carbons (Fsp3) is 0.567. The van der Waals surface area contributed by atoms with Crippen LogP contribution in [-0.2, 0) is 9.53 Å². The fourth-order valence-electron chi connectivity index (χ4n) is 7.29. The lowest BCUT2D eigenvalue weighted by Crippen LogP contribution is -2.49. The van der Waals surface area contributed by atoms with Crippen LogP contribution in [0.15, 0.2) is 59.2 Å². The molecule has 3 aliphatic carbocycles. The number of hydrogen-bond donors (Lipinski definition) is 2. The average Bonchev–Trinajstić information content (AvgIpc) is 3.00. The van der Waals surface area contributed by atoms with Gasteiger partial charge in [-0.3, -0.25) is 4.79 Å². The number of methoxy groups -OCH3 is 1. The van der Waals surface area contributed by atoms with Gasteiger partial charge in [0.15, 0.2) is 0 Å². The number of allylic oxidation sites excluding steroid dienone is 3. The summed E-state index contributed by atoms with van der Waals surface area (Å²) in [6, 6.07) is 8.12. The molecule has 0 bridgehead atoms. The molecule has 0 spiro atoms. The van der Waals surface area contributed by atoms with Crippen LogP contribution in [0.1, 0.15) is 70.0 Å². The molecule has 2 N–H and O–H groups in total. The number of Topliss-reactive ketones (excluding diaryl/α,β-unsaturated/α-hetero) is 1. The molecule has 5 nitrogen and oxygen atoms in total. The van der Waals surface area contributed by atoms with Gasteiger partial charge in [-0.15, -0.1) is 0 Å². The molecule has 2 saturated carbocycles. The van der Waals surface area contributed by atoms with E-state index in [0.717, 1.165) is 36.1 Å². The SMILES string of the molecule is C=C(CCO)C[C@]1(O)CCC2C3CC=C4CC(=O)CCC4=C3[C@H](c3ccc(OC)cc3)OC[C@@]21C. The van der Waals surface area contributed by atoms with Crippen LogP contribution in [0.4, 0.5) is 0 Å². The Morgan fingerprint density at radius 3 is 2.74 bits per heavy atom. The van der Waals surface area contributed by atoms with E-state index in [4.69, 9.17) is 9.47 Å². The van der Waals surface area contributed by atoms with Gasteiger partial charge >= 0.3 is 0 Å². The first-order valence-corrected chi connectivity index (χ1v) is 13.0. The quantitative estimate of drug-likeness (QED) is 0.547. The van der Waals surface area contributed by atoms with Gasteiger partial charge in [0.1, 0.15) is 17.6 Å². The zero-order chi connectivity index (χ0) is 24.8. The van der Waals surface area contributed by atoms with Gasteiger partial charge in [-0.2, -0.15) is 0 Å². The summed E-state index contributed by atoms with van der Waals surface area (Å²) in [7, 11) is 1.67. The van der Waals surface area contributed by atoms with Gasteiger partial charge in [0.2, 0.25) is 0 Å². The number of carbonyl (C=O) groups excluding carboxylic acids is 1. The third-order valence-electron chi connectivity index (χ3n) is 9.29. The first-order chi connectivity index (χ1) is 16.8. The molecule has 188 valence electrons. The number of aliphatic hydroxyl groups excluding tert-OH is 1. The molecule has 5 atom stereocenters. The van der Waals surface area contributed by atoms with Gasteiger partial charge in [-0.25, -0.2) is 0 Å². The van der Waals surface area contributed by atoms with Gasteiger partial charge in [0.25, 0.3) is 0 Å². The Bertz CT molecular complexity index is 1070. The maximum Gasteiger partial charge on any atom is 0.137 e. The predicted molar refractivity (Wildman–Crippen MR) is 135 cm³/mol. The van der Waals surface area contributed by atoms with Crippen LogP contribution in [0.3, 0.4) is 0 Å². The van der Waals surface area contributed by atoms with Crippen LogP contribution in [0, 0.1) is 17.3 Å². The lowest BCUT2D eigenvalue weighted by Gasteiger charge is -2.45. The minimum Gasteiger partial charge on any atom is -0.497 e. The Balaban J connectivity index is 1.58. The molecule has 5 heteroatoms. The number of aliphatic hydroxyl groups is 2. The van der Waals surface area contributed by atoms with Gasteiger partial charge in [0, 0.05) is 24.9 Å². The summed E-state index contributed by atoms with van der Waals surface area (Å²) in [5.41, 5.74) is 4.46. The Hall–Kier alpha value is -2.21. The second-order valence-corrected chi connectivity index (χ2v) is 11.2. The second-order valence-electron chi connectivity index (χ2n) is 11.2. The largest absolute Gasteiger partial charge is 0.497 e. The molecule has 1 saturated heterocycles. The molecule has 1 heterocycles. The molecule has 0 radical (unpaired) electrons. The van der Waals surface area contributed by atoms with Crippen molar-refractivity contribution in [3.63, 3.8) is 0 Å². The maximum atomic E-state index is 12.3. The van der Waals surface area contributed by atoms with Gasteiger partial charge in [0.05, 0.1) is 19.3 Å². The van der Waals surface area contributed by atoms with Crippen molar-refractivity contribution in [3.8, 4) is 5.75 Å². The van der Waals surface area contributed by atoms with Crippen LogP contribution in [-0.4, -0.2) is 41.9 Å². The van der Waals surface area contributed by atoms with E-state index in [0.29, 0.717) is 44.5 Å². The molecule has 35 heavy (non-hydrogen) atoms. The monoisotopic (exact) mass is 478 g/mol. The summed E-state index contributed by atoms with van der Waals surface area (Å²) in [6.07, 6.45) is 7.50. The lowest BCUT2D eigenvalue weighted by molar-refractivity contribution is -0.118. The van der Waals surface area contributed by atoms with Crippen LogP contribution in [0.25, 0.3) is 0 Å². The van der Waals surface area contributed by atoms with E-state index in [1.807, 2.05) is 12.1 Å². The smallest absolute Gasteiger partial charge is 0.137 e. The molecular formula is C30H38O5. The van der Waals surface area contributed by atoms with Crippen LogP contribution in [0.2, 0.25) is 0 Å². The Labute approximate surface area is 208 Å². The minimum atomic E-state index is -0.916. The highest BCUT2D eigenvalue weighted by Crippen LogP contribution is 2.62. The van der Waals surface area contributed by atoms with E-state index < -0.39 is 11.0 Å². The summed E-state index contributed by atoms with van der Waals surface area (Å²) < 4.78 is 12.2. The highest BCUT2D eigenvalue weighted by molar-refractivity contribution is 5.84. The van der Waals surface area contributed by atoms with Crippen molar-refractivity contribution in [2.75, 3.05) is 20.3 Å². The zero-order valence-electron chi connectivity index (χ0n) is 21.0. The van der Waals surface area contributed by atoms with Crippen molar-refractivity contribution in [3.05, 3.63) is 64.8 Å². The average molecular weight is 479 g/mol. The number of hydrogen-bond acceptors (Lipinski definition) is 5. The number of ether oxygens (including phenoxy) is 2. The van der Waals surface area contributed by atoms with E-state index in [1.165, 1.54) is 16.7 Å². The molecule has 1 aliphatic heterocycles.